The molecule has 5 N–H and O–H groups in total. The molecule has 6 amide bonds. The molecular formula is C60H77N11O7S. The van der Waals surface area contributed by atoms with Gasteiger partial charge in [-0.3, -0.25) is 38.6 Å². The van der Waals surface area contributed by atoms with Crippen LogP contribution in [0.1, 0.15) is 115 Å². The maximum Gasteiger partial charge on any atom is 0.268 e. The predicted octanol–water partition coefficient (Wildman–Crippen LogP) is 5.76. The lowest BCUT2D eigenvalue weighted by molar-refractivity contribution is -0.144. The number of aliphatic hydroxyl groups is 1. The summed E-state index contributed by atoms with van der Waals surface area (Å²) in [7, 11) is 3.52. The van der Waals surface area contributed by atoms with Gasteiger partial charge in [-0.25, -0.2) is 4.98 Å². The number of aryl methyl sites for hydroxylation is 1. The number of piperazine rings is 1. The fourth-order valence-electron chi connectivity index (χ4n) is 11.5. The number of carbonyl (C=O) groups excluding carboxylic acids is 6. The van der Waals surface area contributed by atoms with Gasteiger partial charge in [0.1, 0.15) is 17.8 Å². The number of thiazole rings is 1. The third-order valence-electron chi connectivity index (χ3n) is 16.3. The van der Waals surface area contributed by atoms with E-state index in [4.69, 9.17) is 0 Å². The van der Waals surface area contributed by atoms with E-state index in [1.807, 2.05) is 124 Å². The van der Waals surface area contributed by atoms with Crippen LogP contribution in [-0.2, 0) is 44.4 Å². The molecule has 4 atom stereocenters. The predicted molar refractivity (Wildman–Crippen MR) is 305 cm³/mol. The molecule has 3 aromatic carbocycles. The van der Waals surface area contributed by atoms with Crippen molar-refractivity contribution in [2.45, 2.75) is 116 Å². The number of hydrogen-bond donors (Lipinski definition) is 5. The normalized spacial score (nSPS) is 19.2. The first kappa shape index (κ1) is 56.9. The van der Waals surface area contributed by atoms with Crippen LogP contribution in [0, 0.1) is 12.3 Å². The summed E-state index contributed by atoms with van der Waals surface area (Å²) in [4.78, 5) is 96.0. The van der Waals surface area contributed by atoms with Crippen LogP contribution in [0.15, 0.2) is 90.4 Å². The van der Waals surface area contributed by atoms with Crippen molar-refractivity contribution in [1.29, 1.82) is 0 Å². The largest absolute Gasteiger partial charge is 0.391 e. The Hall–Kier alpha value is -6.77. The molecule has 5 aromatic rings. The second-order valence-electron chi connectivity index (χ2n) is 23.1. The average molecular weight is 1100 g/mol. The van der Waals surface area contributed by atoms with Gasteiger partial charge in [0.2, 0.25) is 23.6 Å². The van der Waals surface area contributed by atoms with Gasteiger partial charge in [0.25, 0.3) is 11.8 Å². The fourth-order valence-corrected chi connectivity index (χ4v) is 12.3. The third kappa shape index (κ3) is 13.1. The molecule has 0 radical (unpaired) electrons. The van der Waals surface area contributed by atoms with Crippen molar-refractivity contribution in [3.05, 3.63) is 130 Å². The molecule has 9 rings (SSSR count). The van der Waals surface area contributed by atoms with Crippen LogP contribution >= 0.6 is 11.3 Å². The number of carbonyl (C=O) groups is 6. The molecule has 2 aromatic heterocycles. The molecule has 3 aliphatic heterocycles. The summed E-state index contributed by atoms with van der Waals surface area (Å²) in [5.74, 6) is -1.31. The smallest absolute Gasteiger partial charge is 0.268 e. The average Bonchev–Trinajstić information content (AvgIpc) is 4.15. The van der Waals surface area contributed by atoms with E-state index >= 15 is 0 Å². The standard InChI is InChI=1S/C60H77N11O7S/c1-39(43-15-17-44(18-16-43)53-40(2)62-38-79-53)63-56(76)49-33-47(72)36-71(49)58(78)54(59(3,4)5)65-52(74)37-68-29-27-67(28-30-68)26-23-51(73)64-46-19-11-41(12-20-46)34-61-55(75)48-21-22-50-60(24-8-25-60)69(31-32-70(48)50)35-42-9-13-45(14-10-42)57(77)66(6)7/h9-22,38-39,47,49,54,72H,8,23-37H2,1-7H3,(H,61,75)(H,63,76)(H,64,73)(H,65,74)/t39-,47+,49-,54+/m0/s1. The number of aromatic nitrogens is 2. The van der Waals surface area contributed by atoms with Crippen LogP contribution in [0.2, 0.25) is 0 Å². The van der Waals surface area contributed by atoms with Crippen LogP contribution in [0.4, 0.5) is 5.69 Å². The number of β-amino-alcohol motifs (C(OH)–C–C–N with tert-alkyl or cyclic N) is 1. The Morgan fingerprint density at radius 1 is 0.823 bits per heavy atom. The van der Waals surface area contributed by atoms with Gasteiger partial charge in [-0.05, 0) is 97.2 Å². The molecule has 5 heterocycles. The molecule has 1 saturated carbocycles. The topological polar surface area (TPSA) is 205 Å². The summed E-state index contributed by atoms with van der Waals surface area (Å²) in [6, 6.07) is 25.2. The van der Waals surface area contributed by atoms with Gasteiger partial charge in [0, 0.05) is 109 Å². The van der Waals surface area contributed by atoms with E-state index in [-0.39, 0.29) is 60.6 Å². The number of nitrogens with zero attached hydrogens (tertiary/aromatic N) is 7. The van der Waals surface area contributed by atoms with Crippen LogP contribution in [0.3, 0.4) is 0 Å². The molecule has 0 unspecified atom stereocenters. The van der Waals surface area contributed by atoms with Crippen molar-refractivity contribution >= 4 is 52.5 Å². The molecule has 1 spiro atoms. The van der Waals surface area contributed by atoms with Gasteiger partial charge >= 0.3 is 0 Å². The maximum absolute atomic E-state index is 14.3. The van der Waals surface area contributed by atoms with Gasteiger partial charge in [-0.15, -0.1) is 11.3 Å². The molecule has 2 saturated heterocycles. The molecule has 420 valence electrons. The fraction of sp³-hybridized carbons (Fsp3) is 0.483. The number of fused-ring (bicyclic) bond motifs is 2. The minimum Gasteiger partial charge on any atom is -0.391 e. The van der Waals surface area contributed by atoms with Crippen LogP contribution < -0.4 is 21.3 Å². The first-order valence-electron chi connectivity index (χ1n) is 27.7. The van der Waals surface area contributed by atoms with Crippen LogP contribution in [0.5, 0.6) is 0 Å². The lowest BCUT2D eigenvalue weighted by Crippen LogP contribution is -2.59. The van der Waals surface area contributed by atoms with Gasteiger partial charge in [-0.1, -0.05) is 69.3 Å². The zero-order valence-corrected chi connectivity index (χ0v) is 47.5. The van der Waals surface area contributed by atoms with E-state index in [0.29, 0.717) is 69.2 Å². The van der Waals surface area contributed by atoms with Gasteiger partial charge < -0.3 is 45.6 Å². The molecule has 79 heavy (non-hydrogen) atoms. The SMILES string of the molecule is Cc1ncsc1-c1ccc([C@H](C)NC(=O)[C@@H]2C[C@@H](O)CN2C(=O)[C@@H](NC(=O)CN2CCN(CCC(=O)Nc3ccc(CNC(=O)c4ccc5n4CCN(Cc4ccc(C(=O)N(C)C)cc4)C54CCC4)cc3)CC2)C(C)(C)C)cc1. The number of aliphatic hydroxyl groups excluding tert-OH is 1. The molecule has 18 nitrogen and oxygen atoms in total. The Bertz CT molecular complexity index is 2990. The zero-order chi connectivity index (χ0) is 56.2. The summed E-state index contributed by atoms with van der Waals surface area (Å²) in [5, 5.41) is 22.9. The highest BCUT2D eigenvalue weighted by Crippen LogP contribution is 2.49. The Morgan fingerprint density at radius 2 is 1.51 bits per heavy atom. The zero-order valence-electron chi connectivity index (χ0n) is 46.7. The van der Waals surface area contributed by atoms with Crippen molar-refractivity contribution in [2.24, 2.45) is 5.41 Å². The second kappa shape index (κ2) is 24.3. The summed E-state index contributed by atoms with van der Waals surface area (Å²) >= 11 is 1.58. The highest BCUT2D eigenvalue weighted by atomic mass is 32.1. The molecule has 19 heteroatoms. The van der Waals surface area contributed by atoms with Crippen LogP contribution in [0.25, 0.3) is 10.4 Å². The quantitative estimate of drug-likeness (QED) is 0.0714. The van der Waals surface area contributed by atoms with Crippen molar-refractivity contribution in [3.63, 3.8) is 0 Å². The number of likely N-dealkylation sites (tertiary alicyclic amines) is 1. The van der Waals surface area contributed by atoms with E-state index in [9.17, 15) is 33.9 Å². The lowest BCUT2D eigenvalue weighted by Gasteiger charge is -2.53. The van der Waals surface area contributed by atoms with Gasteiger partial charge in [0.05, 0.1) is 40.3 Å². The van der Waals surface area contributed by atoms with Crippen LogP contribution in [-0.4, -0.2) is 159 Å². The number of benzene rings is 3. The van der Waals surface area contributed by atoms with E-state index < -0.39 is 29.5 Å². The summed E-state index contributed by atoms with van der Waals surface area (Å²) in [6.07, 6.45) is 2.73. The number of hydrogen-bond acceptors (Lipinski definition) is 12. The monoisotopic (exact) mass is 1100 g/mol. The first-order chi connectivity index (χ1) is 37.8. The highest BCUT2D eigenvalue weighted by molar-refractivity contribution is 7.13. The van der Waals surface area contributed by atoms with E-state index in [0.717, 1.165) is 65.2 Å². The summed E-state index contributed by atoms with van der Waals surface area (Å²) in [5.41, 5.74) is 9.21. The highest BCUT2D eigenvalue weighted by Gasteiger charge is 2.49. The third-order valence-corrected chi connectivity index (χ3v) is 17.3. The number of nitrogens with one attached hydrogen (secondary N) is 4. The Morgan fingerprint density at radius 3 is 2.14 bits per heavy atom. The maximum atomic E-state index is 14.3. The van der Waals surface area contributed by atoms with E-state index in [1.54, 1.807) is 30.3 Å². The molecule has 4 aliphatic rings. The van der Waals surface area contributed by atoms with E-state index in [2.05, 4.69) is 46.7 Å². The number of amides is 6. The van der Waals surface area contributed by atoms with Gasteiger partial charge in [-0.2, -0.15) is 0 Å². The van der Waals surface area contributed by atoms with Crippen molar-refractivity contribution in [3.8, 4) is 10.4 Å². The first-order valence-corrected chi connectivity index (χ1v) is 28.6. The molecule has 3 fully saturated rings. The number of rotatable bonds is 18. The van der Waals surface area contributed by atoms with Gasteiger partial charge in [0.15, 0.2) is 0 Å². The van der Waals surface area contributed by atoms with Crippen molar-refractivity contribution in [1.82, 2.24) is 50.0 Å². The summed E-state index contributed by atoms with van der Waals surface area (Å²) < 4.78 is 2.19. The van der Waals surface area contributed by atoms with Crippen molar-refractivity contribution in [2.75, 3.05) is 71.8 Å². The lowest BCUT2D eigenvalue weighted by atomic mass is 9.71. The van der Waals surface area contributed by atoms with E-state index in [1.165, 1.54) is 10.6 Å². The minimum absolute atomic E-state index is 0.00834. The Kier molecular flexibility index (Phi) is 17.5. The number of anilines is 1. The summed E-state index contributed by atoms with van der Waals surface area (Å²) in [6.45, 7) is 15.3. The van der Waals surface area contributed by atoms with Crippen molar-refractivity contribution < 1.29 is 33.9 Å². The molecule has 1 aliphatic carbocycles. The Balaban J connectivity index is 0.687. The Labute approximate surface area is 467 Å². The molecular weight excluding hydrogens is 1020 g/mol. The molecule has 0 bridgehead atoms. The second-order valence-corrected chi connectivity index (χ2v) is 24.0. The minimum atomic E-state index is -0.933.